The van der Waals surface area contributed by atoms with E-state index in [2.05, 4.69) is 37.8 Å². The molecule has 0 radical (unpaired) electrons. The van der Waals surface area contributed by atoms with Crippen LogP contribution in [0, 0.1) is 2.88 Å². The second-order valence-corrected chi connectivity index (χ2v) is 5.62. The van der Waals surface area contributed by atoms with Crippen molar-refractivity contribution in [1.29, 1.82) is 0 Å². The number of aliphatic hydroxyl groups is 1. The van der Waals surface area contributed by atoms with Crippen LogP contribution in [0.4, 0.5) is 0 Å². The number of aliphatic hydroxyl groups excluding tert-OH is 1. The maximum Gasteiger partial charge on any atom is 0.151 e. The van der Waals surface area contributed by atoms with Crippen LogP contribution in [0.25, 0.3) is 0 Å². The van der Waals surface area contributed by atoms with Crippen molar-refractivity contribution in [1.82, 2.24) is 20.0 Å². The Kier molecular flexibility index (Phi) is 2.79. The first-order valence-electron chi connectivity index (χ1n) is 3.82. The molecule has 2 aromatic rings. The van der Waals surface area contributed by atoms with Gasteiger partial charge in [-0.3, -0.25) is 0 Å². The van der Waals surface area contributed by atoms with Gasteiger partial charge in [-0.15, -0.1) is 11.3 Å². The van der Waals surface area contributed by atoms with Gasteiger partial charge in [-0.2, -0.15) is 15.0 Å². The zero-order chi connectivity index (χ0) is 10.1. The molecule has 0 aromatic carbocycles. The smallest absolute Gasteiger partial charge is 0.151 e. The van der Waals surface area contributed by atoms with Crippen molar-refractivity contribution in [2.24, 2.45) is 7.05 Å². The lowest BCUT2D eigenvalue weighted by Crippen LogP contribution is -2.01. The van der Waals surface area contributed by atoms with Crippen molar-refractivity contribution < 1.29 is 5.11 Å². The fourth-order valence-electron chi connectivity index (χ4n) is 1.01. The summed E-state index contributed by atoms with van der Waals surface area (Å²) < 4.78 is 1.04. The Morgan fingerprint density at radius 3 is 2.86 bits per heavy atom. The lowest BCUT2D eigenvalue weighted by atomic mass is 10.3. The molecule has 2 rings (SSSR count). The molecular weight excluding hydrogens is 315 g/mol. The molecule has 1 atom stereocenters. The molecule has 5 nitrogen and oxygen atoms in total. The number of hydrogen-bond acceptors (Lipinski definition) is 5. The highest BCUT2D eigenvalue weighted by Gasteiger charge is 2.17. The Hall–Kier alpha value is -0.540. The quantitative estimate of drug-likeness (QED) is 0.837. The lowest BCUT2D eigenvalue weighted by molar-refractivity contribution is 0.214. The fourth-order valence-corrected chi connectivity index (χ4v) is 2.47. The van der Waals surface area contributed by atoms with E-state index in [0.29, 0.717) is 10.7 Å². The number of nitrogens with zero attached hydrogens (tertiary/aromatic N) is 4. The molecule has 0 bridgehead atoms. The van der Waals surface area contributed by atoms with Gasteiger partial charge in [0.2, 0.25) is 0 Å². The topological polar surface area (TPSA) is 63.8 Å². The highest BCUT2D eigenvalue weighted by molar-refractivity contribution is 14.1. The van der Waals surface area contributed by atoms with Crippen LogP contribution in [0.5, 0.6) is 0 Å². The van der Waals surface area contributed by atoms with Gasteiger partial charge < -0.3 is 5.11 Å². The number of aryl methyl sites for hydroxylation is 1. The molecule has 0 aliphatic rings. The Bertz CT molecular complexity index is 400. The molecule has 1 unspecified atom stereocenters. The second-order valence-electron chi connectivity index (χ2n) is 2.66. The van der Waals surface area contributed by atoms with Crippen LogP contribution < -0.4 is 0 Å². The summed E-state index contributed by atoms with van der Waals surface area (Å²) in [5, 5.41) is 18.4. The first-order chi connectivity index (χ1) is 6.66. The SMILES string of the molecule is Cn1ncc(C(O)c2ncc(I)s2)n1. The van der Waals surface area contributed by atoms with Gasteiger partial charge in [-0.25, -0.2) is 4.98 Å². The van der Waals surface area contributed by atoms with Crippen molar-refractivity contribution in [3.8, 4) is 0 Å². The molecule has 7 heteroatoms. The van der Waals surface area contributed by atoms with Gasteiger partial charge in [0, 0.05) is 7.05 Å². The maximum atomic E-state index is 9.85. The van der Waals surface area contributed by atoms with Crippen LogP contribution in [0.1, 0.15) is 16.8 Å². The summed E-state index contributed by atoms with van der Waals surface area (Å²) >= 11 is 3.61. The Labute approximate surface area is 97.9 Å². The highest BCUT2D eigenvalue weighted by Crippen LogP contribution is 2.24. The first-order valence-corrected chi connectivity index (χ1v) is 5.72. The summed E-state index contributed by atoms with van der Waals surface area (Å²) in [5.74, 6) is 0. The average molecular weight is 322 g/mol. The number of rotatable bonds is 2. The van der Waals surface area contributed by atoms with E-state index in [4.69, 9.17) is 0 Å². The highest BCUT2D eigenvalue weighted by atomic mass is 127. The van der Waals surface area contributed by atoms with Crippen LogP contribution in [-0.4, -0.2) is 25.1 Å². The number of halogens is 1. The van der Waals surface area contributed by atoms with Gasteiger partial charge in [-0.1, -0.05) is 0 Å². The largest absolute Gasteiger partial charge is 0.379 e. The van der Waals surface area contributed by atoms with Crippen molar-refractivity contribution in [2.45, 2.75) is 6.10 Å². The lowest BCUT2D eigenvalue weighted by Gasteiger charge is -2.00. The van der Waals surface area contributed by atoms with Crippen molar-refractivity contribution >= 4 is 33.9 Å². The van der Waals surface area contributed by atoms with Crippen LogP contribution in [-0.2, 0) is 7.05 Å². The first kappa shape index (κ1) is 9.99. The fraction of sp³-hybridized carbons (Fsp3) is 0.286. The number of aromatic nitrogens is 4. The van der Waals surface area contributed by atoms with E-state index in [1.54, 1.807) is 19.4 Å². The molecule has 0 saturated carbocycles. The van der Waals surface area contributed by atoms with Crippen LogP contribution >= 0.6 is 33.9 Å². The normalized spacial score (nSPS) is 13.1. The molecule has 14 heavy (non-hydrogen) atoms. The Balaban J connectivity index is 2.28. The van der Waals surface area contributed by atoms with Gasteiger partial charge in [0.1, 0.15) is 10.7 Å². The van der Waals surface area contributed by atoms with Gasteiger partial charge in [0.25, 0.3) is 0 Å². The van der Waals surface area contributed by atoms with Crippen molar-refractivity contribution in [3.05, 3.63) is 26.0 Å². The van der Waals surface area contributed by atoms with Crippen molar-refractivity contribution in [2.75, 3.05) is 0 Å². The van der Waals surface area contributed by atoms with Gasteiger partial charge in [0.15, 0.2) is 6.10 Å². The van der Waals surface area contributed by atoms with Crippen LogP contribution in [0.2, 0.25) is 0 Å². The van der Waals surface area contributed by atoms with E-state index >= 15 is 0 Å². The summed E-state index contributed by atoms with van der Waals surface area (Å²) in [6.07, 6.45) is 2.50. The van der Waals surface area contributed by atoms with Gasteiger partial charge in [-0.05, 0) is 22.6 Å². The summed E-state index contributed by atoms with van der Waals surface area (Å²) in [4.78, 5) is 5.50. The van der Waals surface area contributed by atoms with Gasteiger partial charge >= 0.3 is 0 Å². The summed E-state index contributed by atoms with van der Waals surface area (Å²) in [7, 11) is 1.71. The molecule has 2 aromatic heterocycles. The average Bonchev–Trinajstić information content (AvgIpc) is 2.73. The van der Waals surface area contributed by atoms with E-state index < -0.39 is 6.10 Å². The monoisotopic (exact) mass is 322 g/mol. The Morgan fingerprint density at radius 1 is 1.57 bits per heavy atom. The minimum Gasteiger partial charge on any atom is -0.379 e. The Morgan fingerprint density at radius 2 is 2.36 bits per heavy atom. The van der Waals surface area contributed by atoms with E-state index in [9.17, 15) is 5.11 Å². The molecule has 74 valence electrons. The summed E-state index contributed by atoms with van der Waals surface area (Å²) in [5.41, 5.74) is 0.526. The van der Waals surface area contributed by atoms with E-state index in [1.165, 1.54) is 16.1 Å². The summed E-state index contributed by atoms with van der Waals surface area (Å²) in [6, 6.07) is 0. The molecule has 0 aliphatic carbocycles. The van der Waals surface area contributed by atoms with E-state index in [-0.39, 0.29) is 0 Å². The second kappa shape index (κ2) is 3.91. The predicted molar refractivity (Wildman–Crippen MR) is 59.9 cm³/mol. The van der Waals surface area contributed by atoms with E-state index in [0.717, 1.165) is 2.88 Å². The van der Waals surface area contributed by atoms with Gasteiger partial charge in [0.05, 0.1) is 15.3 Å². The minimum atomic E-state index is -0.766. The molecule has 0 fully saturated rings. The zero-order valence-electron chi connectivity index (χ0n) is 7.25. The molecule has 0 amide bonds. The molecule has 1 N–H and O–H groups in total. The molecule has 0 saturated heterocycles. The predicted octanol–water partition coefficient (Wildman–Crippen LogP) is 0.958. The number of thiazole rings is 1. The third-order valence-electron chi connectivity index (χ3n) is 1.63. The molecule has 0 aliphatic heterocycles. The molecular formula is C7H7IN4OS. The third kappa shape index (κ3) is 1.93. The zero-order valence-corrected chi connectivity index (χ0v) is 10.2. The van der Waals surface area contributed by atoms with E-state index in [1.807, 2.05) is 0 Å². The molecule has 0 spiro atoms. The standard InChI is InChI=1S/C7H7IN4OS/c1-12-10-2-4(11-12)6(13)7-9-3-5(8)14-7/h2-3,6,13H,1H3. The van der Waals surface area contributed by atoms with Crippen LogP contribution in [0.15, 0.2) is 12.4 Å². The van der Waals surface area contributed by atoms with Crippen molar-refractivity contribution in [3.63, 3.8) is 0 Å². The third-order valence-corrected chi connectivity index (χ3v) is 3.40. The minimum absolute atomic E-state index is 0.526. The number of hydrogen-bond donors (Lipinski definition) is 1. The maximum absolute atomic E-state index is 9.85. The van der Waals surface area contributed by atoms with Crippen LogP contribution in [0.3, 0.4) is 0 Å². The molecule has 2 heterocycles. The summed E-state index contributed by atoms with van der Waals surface area (Å²) in [6.45, 7) is 0.